The van der Waals surface area contributed by atoms with Crippen molar-refractivity contribution in [3.8, 4) is 0 Å². The van der Waals surface area contributed by atoms with Gasteiger partial charge in [0.15, 0.2) is 0 Å². The number of aliphatic hydroxyl groups excluding tert-OH is 1. The van der Waals surface area contributed by atoms with Gasteiger partial charge in [-0.3, -0.25) is 0 Å². The first-order chi connectivity index (χ1) is 7.17. The molecule has 0 fully saturated rings. The van der Waals surface area contributed by atoms with E-state index in [1.54, 1.807) is 0 Å². The topological polar surface area (TPSA) is 23.5 Å². The van der Waals surface area contributed by atoms with Crippen LogP contribution in [0.5, 0.6) is 0 Å². The lowest BCUT2D eigenvalue weighted by molar-refractivity contribution is 0.225. The molecule has 1 rings (SSSR count). The van der Waals surface area contributed by atoms with Crippen molar-refractivity contribution in [2.24, 2.45) is 5.92 Å². The molecular formula is C12H18ClNO. The average molecular weight is 228 g/mol. The van der Waals surface area contributed by atoms with E-state index in [4.69, 9.17) is 16.7 Å². The van der Waals surface area contributed by atoms with Crippen LogP contribution in [0.1, 0.15) is 13.3 Å². The van der Waals surface area contributed by atoms with Gasteiger partial charge in [-0.15, -0.1) is 0 Å². The number of aliphatic hydroxyl groups is 1. The highest BCUT2D eigenvalue weighted by Gasteiger charge is 2.08. The predicted molar refractivity (Wildman–Crippen MR) is 65.6 cm³/mol. The van der Waals surface area contributed by atoms with Crippen LogP contribution in [-0.2, 0) is 0 Å². The largest absolute Gasteiger partial charge is 0.396 e. The summed E-state index contributed by atoms with van der Waals surface area (Å²) in [7, 11) is 2.03. The zero-order valence-corrected chi connectivity index (χ0v) is 10.0. The fourth-order valence-corrected chi connectivity index (χ4v) is 1.63. The predicted octanol–water partition coefficient (Wildman–Crippen LogP) is 2.79. The first-order valence-electron chi connectivity index (χ1n) is 5.25. The Morgan fingerprint density at radius 2 is 1.93 bits per heavy atom. The molecule has 0 heterocycles. The van der Waals surface area contributed by atoms with E-state index < -0.39 is 0 Å². The molecule has 0 amide bonds. The molecule has 1 aromatic carbocycles. The maximum atomic E-state index is 9.12. The van der Waals surface area contributed by atoms with E-state index in [1.165, 1.54) is 0 Å². The summed E-state index contributed by atoms with van der Waals surface area (Å²) in [4.78, 5) is 2.14. The van der Waals surface area contributed by atoms with Gasteiger partial charge in [0.05, 0.1) is 0 Å². The second-order valence-corrected chi connectivity index (χ2v) is 4.25. The maximum absolute atomic E-state index is 9.12. The monoisotopic (exact) mass is 227 g/mol. The maximum Gasteiger partial charge on any atom is 0.0476 e. The van der Waals surface area contributed by atoms with E-state index in [2.05, 4.69) is 11.8 Å². The molecule has 0 aliphatic heterocycles. The van der Waals surface area contributed by atoms with Gasteiger partial charge in [0.25, 0.3) is 0 Å². The summed E-state index contributed by atoms with van der Waals surface area (Å²) in [5.74, 6) is 0.339. The Morgan fingerprint density at radius 3 is 2.40 bits per heavy atom. The molecule has 0 saturated heterocycles. The van der Waals surface area contributed by atoms with E-state index in [9.17, 15) is 0 Å². The van der Waals surface area contributed by atoms with Crippen molar-refractivity contribution in [1.29, 1.82) is 0 Å². The van der Waals surface area contributed by atoms with Crippen LogP contribution in [0.4, 0.5) is 5.69 Å². The number of benzene rings is 1. The molecule has 1 atom stereocenters. The second-order valence-electron chi connectivity index (χ2n) is 3.81. The molecule has 15 heavy (non-hydrogen) atoms. The lowest BCUT2D eigenvalue weighted by Crippen LogP contribution is -2.26. The lowest BCUT2D eigenvalue weighted by Gasteiger charge is -2.23. The third-order valence-electron chi connectivity index (χ3n) is 2.64. The highest BCUT2D eigenvalue weighted by Crippen LogP contribution is 2.18. The Hall–Kier alpha value is -0.730. The van der Waals surface area contributed by atoms with Crippen molar-refractivity contribution in [3.05, 3.63) is 29.3 Å². The van der Waals surface area contributed by atoms with Crippen LogP contribution in [0.15, 0.2) is 24.3 Å². The van der Waals surface area contributed by atoms with Crippen LogP contribution in [0.2, 0.25) is 5.02 Å². The normalized spacial score (nSPS) is 12.5. The Labute approximate surface area is 96.5 Å². The SMILES string of the molecule is CCC(CO)CN(C)c1ccc(Cl)cc1. The van der Waals surface area contributed by atoms with E-state index in [0.717, 1.165) is 23.7 Å². The fourth-order valence-electron chi connectivity index (χ4n) is 1.50. The van der Waals surface area contributed by atoms with E-state index in [1.807, 2.05) is 31.3 Å². The molecule has 1 N–H and O–H groups in total. The molecule has 0 saturated carbocycles. The Balaban J connectivity index is 2.60. The van der Waals surface area contributed by atoms with Crippen molar-refractivity contribution in [2.75, 3.05) is 25.1 Å². The number of hydrogen-bond acceptors (Lipinski definition) is 2. The van der Waals surface area contributed by atoms with Crippen molar-refractivity contribution in [2.45, 2.75) is 13.3 Å². The van der Waals surface area contributed by atoms with E-state index in [-0.39, 0.29) is 6.61 Å². The average Bonchev–Trinajstić information content (AvgIpc) is 2.26. The lowest BCUT2D eigenvalue weighted by atomic mass is 10.1. The molecule has 0 aliphatic carbocycles. The summed E-state index contributed by atoms with van der Waals surface area (Å²) >= 11 is 5.82. The fraction of sp³-hybridized carbons (Fsp3) is 0.500. The first-order valence-corrected chi connectivity index (χ1v) is 5.62. The van der Waals surface area contributed by atoms with Crippen LogP contribution in [-0.4, -0.2) is 25.3 Å². The Bertz CT molecular complexity index is 282. The summed E-state index contributed by atoms with van der Waals surface area (Å²) in [6.45, 7) is 3.21. The van der Waals surface area contributed by atoms with Gasteiger partial charge >= 0.3 is 0 Å². The van der Waals surface area contributed by atoms with E-state index >= 15 is 0 Å². The summed E-state index contributed by atoms with van der Waals surface area (Å²) in [6, 6.07) is 7.75. The Morgan fingerprint density at radius 1 is 1.33 bits per heavy atom. The van der Waals surface area contributed by atoms with Crippen molar-refractivity contribution in [3.63, 3.8) is 0 Å². The van der Waals surface area contributed by atoms with Gasteiger partial charge in [-0.2, -0.15) is 0 Å². The number of nitrogens with zero attached hydrogens (tertiary/aromatic N) is 1. The smallest absolute Gasteiger partial charge is 0.0476 e. The van der Waals surface area contributed by atoms with Crippen molar-refractivity contribution < 1.29 is 5.11 Å². The van der Waals surface area contributed by atoms with Gasteiger partial charge in [0.2, 0.25) is 0 Å². The van der Waals surface area contributed by atoms with Gasteiger partial charge in [0, 0.05) is 30.9 Å². The standard InChI is InChI=1S/C12H18ClNO/c1-3-10(9-15)8-14(2)12-6-4-11(13)5-7-12/h4-7,10,15H,3,8-9H2,1-2H3. The number of rotatable bonds is 5. The van der Waals surface area contributed by atoms with Gasteiger partial charge < -0.3 is 10.0 Å². The van der Waals surface area contributed by atoms with Gasteiger partial charge in [-0.25, -0.2) is 0 Å². The minimum absolute atomic E-state index is 0.244. The van der Waals surface area contributed by atoms with Crippen LogP contribution in [0, 0.1) is 5.92 Å². The molecule has 0 radical (unpaired) electrons. The van der Waals surface area contributed by atoms with Crippen LogP contribution in [0.25, 0.3) is 0 Å². The Kier molecular flexibility index (Phi) is 4.92. The highest BCUT2D eigenvalue weighted by atomic mass is 35.5. The molecule has 84 valence electrons. The van der Waals surface area contributed by atoms with Gasteiger partial charge in [-0.05, 0) is 36.6 Å². The molecule has 1 unspecified atom stereocenters. The molecule has 0 bridgehead atoms. The summed E-state index contributed by atoms with van der Waals surface area (Å²) < 4.78 is 0. The zero-order valence-electron chi connectivity index (χ0n) is 9.28. The zero-order chi connectivity index (χ0) is 11.3. The van der Waals surface area contributed by atoms with Gasteiger partial charge in [0.1, 0.15) is 0 Å². The van der Waals surface area contributed by atoms with Crippen molar-refractivity contribution >= 4 is 17.3 Å². The number of hydrogen-bond donors (Lipinski definition) is 1. The van der Waals surface area contributed by atoms with Crippen LogP contribution in [0.3, 0.4) is 0 Å². The molecule has 0 spiro atoms. The van der Waals surface area contributed by atoms with Crippen molar-refractivity contribution in [1.82, 2.24) is 0 Å². The van der Waals surface area contributed by atoms with E-state index in [0.29, 0.717) is 5.92 Å². The minimum Gasteiger partial charge on any atom is -0.396 e. The number of halogens is 1. The first kappa shape index (κ1) is 12.3. The minimum atomic E-state index is 0.244. The van der Waals surface area contributed by atoms with Crippen LogP contribution >= 0.6 is 11.6 Å². The highest BCUT2D eigenvalue weighted by molar-refractivity contribution is 6.30. The van der Waals surface area contributed by atoms with Gasteiger partial charge in [-0.1, -0.05) is 18.5 Å². The quantitative estimate of drug-likeness (QED) is 0.836. The summed E-state index contributed by atoms with van der Waals surface area (Å²) in [5.41, 5.74) is 1.13. The molecule has 0 aromatic heterocycles. The van der Waals surface area contributed by atoms with Crippen LogP contribution < -0.4 is 4.90 Å². The molecule has 0 aliphatic rings. The number of anilines is 1. The summed E-state index contributed by atoms with van der Waals surface area (Å²) in [6.07, 6.45) is 0.994. The third kappa shape index (κ3) is 3.73. The molecule has 2 nitrogen and oxygen atoms in total. The molecule has 3 heteroatoms. The molecular weight excluding hydrogens is 210 g/mol. The second kappa shape index (κ2) is 5.99. The summed E-state index contributed by atoms with van der Waals surface area (Å²) in [5, 5.41) is 9.87. The molecule has 1 aromatic rings. The third-order valence-corrected chi connectivity index (χ3v) is 2.89.